The number of halogens is 1. The van der Waals surface area contributed by atoms with Crippen molar-refractivity contribution < 1.29 is 5.11 Å². The standard InChI is InChI=1S/C25H34ClNO/c1-24(28)9-7-17-11-16(13-24)3-4-21-20(17)8-10-25(2)22(5-6-23(21)25)18-12-19(26)15-27-14-18/h5,12,14-17,20-21,23,28H,3-4,6-11,13H2,1-2H3/t16?,17-,20-,21-,23+,24+,25-/m1/s1. The molecular formula is C25H34ClNO. The molecule has 1 aromatic heterocycles. The van der Waals surface area contributed by atoms with Gasteiger partial charge in [-0.1, -0.05) is 31.0 Å². The lowest BCUT2D eigenvalue weighted by molar-refractivity contribution is 0.0101. The summed E-state index contributed by atoms with van der Waals surface area (Å²) in [5, 5.41) is 11.5. The number of fused-ring (bicyclic) bond motifs is 6. The zero-order valence-electron chi connectivity index (χ0n) is 17.3. The van der Waals surface area contributed by atoms with E-state index in [1.807, 2.05) is 6.20 Å². The Labute approximate surface area is 174 Å². The predicted octanol–water partition coefficient (Wildman–Crippen LogP) is 6.52. The molecule has 28 heavy (non-hydrogen) atoms. The highest BCUT2D eigenvalue weighted by atomic mass is 35.5. The van der Waals surface area contributed by atoms with Crippen molar-refractivity contribution in [3.8, 4) is 0 Å². The van der Waals surface area contributed by atoms with Crippen LogP contribution in [-0.2, 0) is 0 Å². The fourth-order valence-corrected chi connectivity index (χ4v) is 7.95. The molecule has 4 aliphatic carbocycles. The highest BCUT2D eigenvalue weighted by Gasteiger charge is 2.53. The fourth-order valence-electron chi connectivity index (χ4n) is 7.78. The van der Waals surface area contributed by atoms with E-state index in [0.717, 1.165) is 47.5 Å². The van der Waals surface area contributed by atoms with Crippen molar-refractivity contribution in [2.45, 2.75) is 77.2 Å². The SMILES string of the molecule is C[C@]1(O)CC[C@@H]2CC(CC[C@@H]3[C@@H]2CC[C@]2(C)C(c4cncc(Cl)c4)=CC[C@@H]32)C1. The van der Waals surface area contributed by atoms with E-state index in [9.17, 15) is 5.11 Å². The van der Waals surface area contributed by atoms with E-state index in [1.54, 1.807) is 6.20 Å². The van der Waals surface area contributed by atoms with Crippen molar-refractivity contribution in [1.82, 2.24) is 4.98 Å². The van der Waals surface area contributed by atoms with Gasteiger partial charge in [0.2, 0.25) is 0 Å². The van der Waals surface area contributed by atoms with Gasteiger partial charge in [0.25, 0.3) is 0 Å². The lowest BCUT2D eigenvalue weighted by atomic mass is 9.55. The Hall–Kier alpha value is -0.860. The summed E-state index contributed by atoms with van der Waals surface area (Å²) in [6, 6.07) is 2.10. The summed E-state index contributed by atoms with van der Waals surface area (Å²) in [6.07, 6.45) is 17.4. The Morgan fingerprint density at radius 1 is 1.07 bits per heavy atom. The van der Waals surface area contributed by atoms with E-state index in [2.05, 4.69) is 31.0 Å². The minimum atomic E-state index is -0.433. The molecule has 0 aliphatic heterocycles. The zero-order valence-corrected chi connectivity index (χ0v) is 18.1. The van der Waals surface area contributed by atoms with Gasteiger partial charge in [-0.3, -0.25) is 4.98 Å². The maximum absolute atomic E-state index is 10.7. The second-order valence-corrected chi connectivity index (χ2v) is 11.3. The highest BCUT2D eigenvalue weighted by Crippen LogP contribution is 2.63. The van der Waals surface area contributed by atoms with Gasteiger partial charge in [-0.25, -0.2) is 0 Å². The molecule has 2 nitrogen and oxygen atoms in total. The molecule has 0 saturated heterocycles. The summed E-state index contributed by atoms with van der Waals surface area (Å²) in [7, 11) is 0. The number of pyridine rings is 1. The number of allylic oxidation sites excluding steroid dienone is 2. The van der Waals surface area contributed by atoms with E-state index in [4.69, 9.17) is 11.6 Å². The van der Waals surface area contributed by atoms with Crippen molar-refractivity contribution in [3.05, 3.63) is 35.1 Å². The maximum Gasteiger partial charge on any atom is 0.0622 e. The Balaban J connectivity index is 1.42. The molecule has 0 spiro atoms. The van der Waals surface area contributed by atoms with Crippen LogP contribution in [0.1, 0.15) is 77.2 Å². The minimum Gasteiger partial charge on any atom is -0.390 e. The molecule has 0 aromatic carbocycles. The van der Waals surface area contributed by atoms with E-state index < -0.39 is 5.60 Å². The Morgan fingerprint density at radius 2 is 1.93 bits per heavy atom. The first-order valence-electron chi connectivity index (χ1n) is 11.4. The van der Waals surface area contributed by atoms with Gasteiger partial charge in [0, 0.05) is 12.4 Å². The summed E-state index contributed by atoms with van der Waals surface area (Å²) in [5.74, 6) is 4.03. The van der Waals surface area contributed by atoms with Gasteiger partial charge in [-0.15, -0.1) is 0 Å². The number of rotatable bonds is 1. The molecule has 1 heterocycles. The molecule has 3 saturated carbocycles. The van der Waals surface area contributed by atoms with Crippen molar-refractivity contribution >= 4 is 17.2 Å². The zero-order chi connectivity index (χ0) is 19.5. The molecule has 1 N–H and O–H groups in total. The largest absolute Gasteiger partial charge is 0.390 e. The van der Waals surface area contributed by atoms with Gasteiger partial charge in [0.1, 0.15) is 0 Å². The van der Waals surface area contributed by atoms with Crippen LogP contribution in [0.4, 0.5) is 0 Å². The molecule has 0 radical (unpaired) electrons. The van der Waals surface area contributed by atoms with Crippen molar-refractivity contribution in [3.63, 3.8) is 0 Å². The van der Waals surface area contributed by atoms with Gasteiger partial charge in [0.05, 0.1) is 10.6 Å². The maximum atomic E-state index is 10.7. The number of nitrogens with zero attached hydrogens (tertiary/aromatic N) is 1. The third-order valence-electron chi connectivity index (χ3n) is 9.02. The van der Waals surface area contributed by atoms with Crippen LogP contribution in [0.5, 0.6) is 0 Å². The van der Waals surface area contributed by atoms with Crippen LogP contribution in [-0.4, -0.2) is 15.7 Å². The number of aliphatic hydroxyl groups is 1. The van der Waals surface area contributed by atoms with Crippen LogP contribution in [0, 0.1) is 35.0 Å². The van der Waals surface area contributed by atoms with Gasteiger partial charge in [-0.2, -0.15) is 0 Å². The van der Waals surface area contributed by atoms with Gasteiger partial charge in [-0.05, 0) is 110 Å². The van der Waals surface area contributed by atoms with Gasteiger partial charge >= 0.3 is 0 Å². The average Bonchev–Trinajstić information content (AvgIpc) is 2.79. The molecule has 0 amide bonds. The summed E-state index contributed by atoms with van der Waals surface area (Å²) >= 11 is 6.27. The third kappa shape index (κ3) is 3.16. The van der Waals surface area contributed by atoms with Crippen LogP contribution in [0.15, 0.2) is 24.5 Å². The van der Waals surface area contributed by atoms with E-state index in [1.165, 1.54) is 56.1 Å². The van der Waals surface area contributed by atoms with Crippen LogP contribution < -0.4 is 0 Å². The normalized spacial score (nSPS) is 45.4. The summed E-state index contributed by atoms with van der Waals surface area (Å²) in [6.45, 7) is 4.59. The van der Waals surface area contributed by atoms with Crippen molar-refractivity contribution in [2.24, 2.45) is 35.0 Å². The number of hydrogen-bond donors (Lipinski definition) is 1. The van der Waals surface area contributed by atoms with Crippen LogP contribution in [0.3, 0.4) is 0 Å². The van der Waals surface area contributed by atoms with Gasteiger partial charge < -0.3 is 5.11 Å². The lowest BCUT2D eigenvalue weighted by Gasteiger charge is -2.50. The molecule has 152 valence electrons. The van der Waals surface area contributed by atoms with Crippen molar-refractivity contribution in [1.29, 1.82) is 0 Å². The first-order chi connectivity index (χ1) is 13.4. The summed E-state index contributed by atoms with van der Waals surface area (Å²) in [4.78, 5) is 4.37. The lowest BCUT2D eigenvalue weighted by Crippen LogP contribution is -2.42. The molecule has 7 atom stereocenters. The topological polar surface area (TPSA) is 33.1 Å². The average molecular weight is 400 g/mol. The van der Waals surface area contributed by atoms with Crippen LogP contribution in [0.2, 0.25) is 5.02 Å². The molecule has 4 aliphatic rings. The predicted molar refractivity (Wildman–Crippen MR) is 115 cm³/mol. The van der Waals surface area contributed by atoms with Crippen LogP contribution in [0.25, 0.3) is 5.57 Å². The molecule has 3 fully saturated rings. The summed E-state index contributed by atoms with van der Waals surface area (Å²) < 4.78 is 0. The third-order valence-corrected chi connectivity index (χ3v) is 9.23. The molecule has 3 heteroatoms. The minimum absolute atomic E-state index is 0.271. The Bertz CT molecular complexity index is 787. The first-order valence-corrected chi connectivity index (χ1v) is 11.8. The molecule has 1 unspecified atom stereocenters. The Morgan fingerprint density at radius 3 is 2.75 bits per heavy atom. The number of hydrogen-bond acceptors (Lipinski definition) is 2. The first kappa shape index (κ1) is 19.1. The van der Waals surface area contributed by atoms with E-state index >= 15 is 0 Å². The second kappa shape index (κ2) is 6.84. The highest BCUT2D eigenvalue weighted by molar-refractivity contribution is 6.30. The monoisotopic (exact) mass is 399 g/mol. The van der Waals surface area contributed by atoms with Gasteiger partial charge in [0.15, 0.2) is 0 Å². The summed E-state index contributed by atoms with van der Waals surface area (Å²) in [5.41, 5.74) is 2.57. The second-order valence-electron chi connectivity index (χ2n) is 10.8. The van der Waals surface area contributed by atoms with E-state index in [-0.39, 0.29) is 5.41 Å². The molecule has 1 aromatic rings. The molecule has 5 rings (SSSR count). The number of aromatic nitrogens is 1. The quantitative estimate of drug-likeness (QED) is 0.582. The van der Waals surface area contributed by atoms with E-state index in [0.29, 0.717) is 0 Å². The smallest absolute Gasteiger partial charge is 0.0622 e. The molecule has 2 bridgehead atoms. The van der Waals surface area contributed by atoms with Crippen LogP contribution >= 0.6 is 11.6 Å². The molecular weight excluding hydrogens is 366 g/mol. The fraction of sp³-hybridized carbons (Fsp3) is 0.720. The Kier molecular flexibility index (Phi) is 4.67. The van der Waals surface area contributed by atoms with Crippen molar-refractivity contribution in [2.75, 3.05) is 0 Å².